The van der Waals surface area contributed by atoms with Crippen molar-refractivity contribution in [3.05, 3.63) is 47.0 Å². The number of fused-ring (bicyclic) bond motifs is 1. The SMILES string of the molecule is O=C(c1ccc(Cl)cc1NS(=O)(=O)c1cccc2nsnc12)N1CCC[C@H]1CN1CCCC1. The van der Waals surface area contributed by atoms with Crippen molar-refractivity contribution >= 4 is 56.0 Å². The molecule has 0 unspecified atom stereocenters. The van der Waals surface area contributed by atoms with Crippen molar-refractivity contribution in [3.8, 4) is 0 Å². The number of nitrogens with zero attached hydrogens (tertiary/aromatic N) is 4. The zero-order chi connectivity index (χ0) is 23.0. The minimum absolute atomic E-state index is 0.0141. The average molecular weight is 506 g/mol. The van der Waals surface area contributed by atoms with Gasteiger partial charge in [-0.15, -0.1) is 0 Å². The second-order valence-corrected chi connectivity index (χ2v) is 11.1. The molecule has 5 rings (SSSR count). The van der Waals surface area contributed by atoms with Gasteiger partial charge in [0.2, 0.25) is 0 Å². The molecule has 1 aromatic heterocycles. The van der Waals surface area contributed by atoms with Crippen LogP contribution >= 0.6 is 23.3 Å². The van der Waals surface area contributed by atoms with Crippen LogP contribution in [0.25, 0.3) is 11.0 Å². The molecule has 0 aliphatic carbocycles. The fourth-order valence-electron chi connectivity index (χ4n) is 4.70. The van der Waals surface area contributed by atoms with Gasteiger partial charge in [0.15, 0.2) is 0 Å². The quantitative estimate of drug-likeness (QED) is 0.546. The minimum Gasteiger partial charge on any atom is -0.334 e. The van der Waals surface area contributed by atoms with Gasteiger partial charge in [0, 0.05) is 24.2 Å². The van der Waals surface area contributed by atoms with E-state index in [1.54, 1.807) is 24.3 Å². The van der Waals surface area contributed by atoms with E-state index >= 15 is 0 Å². The van der Waals surface area contributed by atoms with Crippen LogP contribution in [0.4, 0.5) is 5.69 Å². The van der Waals surface area contributed by atoms with Crippen LogP contribution in [0.5, 0.6) is 0 Å². The molecule has 0 spiro atoms. The Labute approximate surface area is 201 Å². The zero-order valence-corrected chi connectivity index (χ0v) is 20.3. The summed E-state index contributed by atoms with van der Waals surface area (Å²) in [5.41, 5.74) is 1.27. The molecule has 11 heteroatoms. The second kappa shape index (κ2) is 9.17. The average Bonchev–Trinajstić information content (AvgIpc) is 3.55. The van der Waals surface area contributed by atoms with Gasteiger partial charge in [0.25, 0.3) is 15.9 Å². The number of sulfonamides is 1. The Bertz CT molecular complexity index is 1290. The number of benzene rings is 2. The summed E-state index contributed by atoms with van der Waals surface area (Å²) >= 11 is 7.14. The van der Waals surface area contributed by atoms with E-state index in [9.17, 15) is 13.2 Å². The van der Waals surface area contributed by atoms with E-state index < -0.39 is 10.0 Å². The number of amides is 1. The third kappa shape index (κ3) is 4.57. The molecule has 1 atom stereocenters. The van der Waals surface area contributed by atoms with E-state index in [0.717, 1.165) is 44.2 Å². The Kier molecular flexibility index (Phi) is 6.26. The number of carbonyl (C=O) groups is 1. The lowest BCUT2D eigenvalue weighted by atomic mass is 10.1. The first-order chi connectivity index (χ1) is 15.9. The molecule has 8 nitrogen and oxygen atoms in total. The Balaban J connectivity index is 1.44. The highest BCUT2D eigenvalue weighted by atomic mass is 35.5. The normalized spacial score (nSPS) is 19.4. The summed E-state index contributed by atoms with van der Waals surface area (Å²) in [6.45, 7) is 3.66. The van der Waals surface area contributed by atoms with Crippen molar-refractivity contribution in [3.63, 3.8) is 0 Å². The molecule has 0 saturated carbocycles. The molecule has 2 fully saturated rings. The van der Waals surface area contributed by atoms with Gasteiger partial charge in [0.05, 0.1) is 23.0 Å². The van der Waals surface area contributed by atoms with Crippen molar-refractivity contribution in [1.82, 2.24) is 18.5 Å². The third-order valence-corrected chi connectivity index (χ3v) is 8.48. The highest BCUT2D eigenvalue weighted by molar-refractivity contribution is 7.93. The highest BCUT2D eigenvalue weighted by Crippen LogP contribution is 2.30. The number of hydrogen-bond donors (Lipinski definition) is 1. The van der Waals surface area contributed by atoms with Crippen LogP contribution < -0.4 is 4.72 Å². The summed E-state index contributed by atoms with van der Waals surface area (Å²) in [4.78, 5) is 17.9. The Morgan fingerprint density at radius 1 is 1.12 bits per heavy atom. The monoisotopic (exact) mass is 505 g/mol. The first kappa shape index (κ1) is 22.5. The predicted molar refractivity (Wildman–Crippen MR) is 129 cm³/mol. The Morgan fingerprint density at radius 3 is 2.76 bits per heavy atom. The molecule has 3 heterocycles. The number of aromatic nitrogens is 2. The summed E-state index contributed by atoms with van der Waals surface area (Å²) < 4.78 is 37.4. The first-order valence-corrected chi connectivity index (χ1v) is 13.6. The maximum Gasteiger partial charge on any atom is 0.264 e. The fourth-order valence-corrected chi connectivity index (χ4v) is 6.71. The molecule has 174 valence electrons. The molecule has 0 radical (unpaired) electrons. The van der Waals surface area contributed by atoms with E-state index in [0.29, 0.717) is 28.2 Å². The molecule has 2 aromatic carbocycles. The number of carbonyl (C=O) groups excluding carboxylic acids is 1. The van der Waals surface area contributed by atoms with E-state index in [-0.39, 0.29) is 22.5 Å². The van der Waals surface area contributed by atoms with Gasteiger partial charge in [-0.25, -0.2) is 8.42 Å². The molecule has 1 amide bonds. The lowest BCUT2D eigenvalue weighted by Crippen LogP contribution is -2.42. The van der Waals surface area contributed by atoms with Gasteiger partial charge in [-0.1, -0.05) is 17.7 Å². The van der Waals surface area contributed by atoms with Gasteiger partial charge in [-0.2, -0.15) is 8.75 Å². The van der Waals surface area contributed by atoms with E-state index in [2.05, 4.69) is 18.4 Å². The van der Waals surface area contributed by atoms with Gasteiger partial charge >= 0.3 is 0 Å². The summed E-state index contributed by atoms with van der Waals surface area (Å²) in [5, 5.41) is 0.341. The molecule has 0 bridgehead atoms. The number of halogens is 1. The number of anilines is 1. The zero-order valence-electron chi connectivity index (χ0n) is 17.9. The summed E-state index contributed by atoms with van der Waals surface area (Å²) in [6.07, 6.45) is 4.30. The van der Waals surface area contributed by atoms with Crippen LogP contribution in [-0.4, -0.2) is 65.1 Å². The fraction of sp³-hybridized carbons (Fsp3) is 0.409. The summed E-state index contributed by atoms with van der Waals surface area (Å²) in [6, 6.07) is 9.63. The summed E-state index contributed by atoms with van der Waals surface area (Å²) in [5.74, 6) is -0.181. The summed E-state index contributed by atoms with van der Waals surface area (Å²) in [7, 11) is -4.02. The van der Waals surface area contributed by atoms with Crippen LogP contribution in [0.15, 0.2) is 41.3 Å². The number of rotatable bonds is 6. The second-order valence-electron chi connectivity index (χ2n) is 8.49. The van der Waals surface area contributed by atoms with Crippen molar-refractivity contribution in [2.24, 2.45) is 0 Å². The van der Waals surface area contributed by atoms with E-state index in [1.165, 1.54) is 25.0 Å². The number of nitrogens with one attached hydrogen (secondary N) is 1. The highest BCUT2D eigenvalue weighted by Gasteiger charge is 2.33. The Hall–Kier alpha value is -2.27. The van der Waals surface area contributed by atoms with Crippen LogP contribution in [0.3, 0.4) is 0 Å². The maximum atomic E-state index is 13.6. The van der Waals surface area contributed by atoms with Crippen molar-refractivity contribution < 1.29 is 13.2 Å². The molecular weight excluding hydrogens is 482 g/mol. The lowest BCUT2D eigenvalue weighted by Gasteiger charge is -2.29. The molecule has 33 heavy (non-hydrogen) atoms. The van der Waals surface area contributed by atoms with E-state index in [1.807, 2.05) is 4.90 Å². The molecule has 1 N–H and O–H groups in total. The number of hydrogen-bond acceptors (Lipinski definition) is 7. The van der Waals surface area contributed by atoms with Crippen LogP contribution in [0.1, 0.15) is 36.0 Å². The molecule has 3 aromatic rings. The molecule has 2 aliphatic heterocycles. The largest absolute Gasteiger partial charge is 0.334 e. The molecule has 2 aliphatic rings. The van der Waals surface area contributed by atoms with Gasteiger partial charge in [-0.3, -0.25) is 9.52 Å². The van der Waals surface area contributed by atoms with Crippen molar-refractivity contribution in [2.45, 2.75) is 36.6 Å². The van der Waals surface area contributed by atoms with E-state index in [4.69, 9.17) is 11.6 Å². The maximum absolute atomic E-state index is 13.6. The molecular formula is C22H24ClN5O3S2. The van der Waals surface area contributed by atoms with Gasteiger partial charge < -0.3 is 9.80 Å². The third-order valence-electron chi connectivity index (χ3n) is 6.30. The smallest absolute Gasteiger partial charge is 0.264 e. The van der Waals surface area contributed by atoms with Crippen molar-refractivity contribution in [2.75, 3.05) is 30.9 Å². The van der Waals surface area contributed by atoms with Crippen LogP contribution in [0.2, 0.25) is 5.02 Å². The lowest BCUT2D eigenvalue weighted by molar-refractivity contribution is 0.0710. The van der Waals surface area contributed by atoms with Crippen LogP contribution in [0, 0.1) is 0 Å². The Morgan fingerprint density at radius 2 is 1.94 bits per heavy atom. The standard InChI is InChI=1S/C22H24ClN5O3S2/c23-15-8-9-17(22(29)28-12-4-5-16(28)14-27-10-1-2-11-27)19(13-15)26-33(30,31)20-7-3-6-18-21(20)25-32-24-18/h3,6-9,13,16,26H,1-2,4-5,10-12,14H2/t16-/m0/s1. The van der Waals surface area contributed by atoms with Gasteiger partial charge in [-0.05, 0) is 69.1 Å². The van der Waals surface area contributed by atoms with Crippen molar-refractivity contribution in [1.29, 1.82) is 0 Å². The van der Waals surface area contributed by atoms with Gasteiger partial charge in [0.1, 0.15) is 15.9 Å². The topological polar surface area (TPSA) is 95.5 Å². The number of likely N-dealkylation sites (tertiary alicyclic amines) is 2. The minimum atomic E-state index is -4.02. The predicted octanol–water partition coefficient (Wildman–Crippen LogP) is 3.85. The van der Waals surface area contributed by atoms with Crippen LogP contribution in [-0.2, 0) is 10.0 Å². The first-order valence-electron chi connectivity index (χ1n) is 11.0. The molecule has 2 saturated heterocycles.